The highest BCUT2D eigenvalue weighted by Crippen LogP contribution is 2.25. The third kappa shape index (κ3) is 4.81. The summed E-state index contributed by atoms with van der Waals surface area (Å²) in [5.74, 6) is 0. The molecule has 0 fully saturated rings. The van der Waals surface area contributed by atoms with E-state index in [4.69, 9.17) is 0 Å². The Morgan fingerprint density at radius 3 is 2.59 bits per heavy atom. The molecule has 0 heterocycles. The quantitative estimate of drug-likeness (QED) is 0.699. The van der Waals surface area contributed by atoms with Gasteiger partial charge in [0, 0.05) is 10.5 Å². The molecular formula is C15H24BrN. The van der Waals surface area contributed by atoms with Crippen LogP contribution in [0.2, 0.25) is 0 Å². The van der Waals surface area contributed by atoms with Crippen LogP contribution in [0.5, 0.6) is 0 Å². The molecule has 0 spiro atoms. The minimum absolute atomic E-state index is 0.514. The molecule has 0 saturated carbocycles. The molecule has 1 N–H and O–H groups in total. The lowest BCUT2D eigenvalue weighted by molar-refractivity contribution is 0.485. The van der Waals surface area contributed by atoms with Crippen molar-refractivity contribution in [2.75, 3.05) is 6.54 Å². The van der Waals surface area contributed by atoms with E-state index in [-0.39, 0.29) is 0 Å². The number of benzene rings is 1. The summed E-state index contributed by atoms with van der Waals surface area (Å²) in [6.07, 6.45) is 5.17. The molecule has 0 aliphatic rings. The molecule has 1 nitrogen and oxygen atoms in total. The summed E-state index contributed by atoms with van der Waals surface area (Å²) in [4.78, 5) is 0. The molecule has 0 bridgehead atoms. The average Bonchev–Trinajstić information content (AvgIpc) is 2.28. The van der Waals surface area contributed by atoms with Crippen LogP contribution in [-0.2, 0) is 0 Å². The predicted molar refractivity (Wildman–Crippen MR) is 79.4 cm³/mol. The summed E-state index contributed by atoms with van der Waals surface area (Å²) >= 11 is 3.53. The van der Waals surface area contributed by atoms with E-state index >= 15 is 0 Å². The number of nitrogens with one attached hydrogen (secondary N) is 1. The smallest absolute Gasteiger partial charge is 0.0322 e. The molecule has 1 atom stereocenters. The monoisotopic (exact) mass is 297 g/mol. The Balaban J connectivity index is 2.74. The van der Waals surface area contributed by atoms with Gasteiger partial charge in [-0.3, -0.25) is 0 Å². The second-order valence-electron chi connectivity index (χ2n) is 4.61. The summed E-state index contributed by atoms with van der Waals surface area (Å²) in [6, 6.07) is 7.12. The first-order chi connectivity index (χ1) is 8.19. The first-order valence-corrected chi connectivity index (χ1v) is 7.47. The number of rotatable bonds is 7. The summed E-state index contributed by atoms with van der Waals surface area (Å²) in [7, 11) is 0. The number of unbranched alkanes of at least 4 members (excludes halogenated alkanes) is 2. The van der Waals surface area contributed by atoms with Crippen LogP contribution >= 0.6 is 15.9 Å². The number of halogens is 1. The molecule has 0 amide bonds. The Hall–Kier alpha value is -0.340. The lowest BCUT2D eigenvalue weighted by atomic mass is 9.96. The first-order valence-electron chi connectivity index (χ1n) is 6.68. The zero-order valence-corrected chi connectivity index (χ0v) is 12.8. The molecule has 0 aliphatic heterocycles. The first kappa shape index (κ1) is 14.7. The highest BCUT2D eigenvalue weighted by atomic mass is 79.9. The van der Waals surface area contributed by atoms with Crippen LogP contribution in [0, 0.1) is 6.92 Å². The minimum atomic E-state index is 0.514. The molecule has 0 aromatic heterocycles. The molecule has 17 heavy (non-hydrogen) atoms. The largest absolute Gasteiger partial charge is 0.310 e. The van der Waals surface area contributed by atoms with Crippen molar-refractivity contribution >= 4 is 15.9 Å². The summed E-state index contributed by atoms with van der Waals surface area (Å²) in [6.45, 7) is 7.67. The van der Waals surface area contributed by atoms with Gasteiger partial charge >= 0.3 is 0 Å². The van der Waals surface area contributed by atoms with Crippen molar-refractivity contribution in [3.8, 4) is 0 Å². The van der Waals surface area contributed by atoms with Crippen LogP contribution in [-0.4, -0.2) is 6.54 Å². The topological polar surface area (TPSA) is 12.0 Å². The molecule has 2 heteroatoms. The highest BCUT2D eigenvalue weighted by Gasteiger charge is 2.12. The van der Waals surface area contributed by atoms with Crippen molar-refractivity contribution in [2.45, 2.75) is 52.5 Å². The van der Waals surface area contributed by atoms with E-state index in [0.29, 0.717) is 6.04 Å². The minimum Gasteiger partial charge on any atom is -0.310 e. The SMILES string of the molecule is CCCCCC(NCC)c1ccc(Br)cc1C. The number of hydrogen-bond donors (Lipinski definition) is 1. The fourth-order valence-corrected chi connectivity index (χ4v) is 2.72. The van der Waals surface area contributed by atoms with Crippen molar-refractivity contribution in [3.05, 3.63) is 33.8 Å². The van der Waals surface area contributed by atoms with Gasteiger partial charge in [-0.05, 0) is 43.1 Å². The Bertz CT molecular complexity index is 336. The molecule has 96 valence electrons. The van der Waals surface area contributed by atoms with Crippen molar-refractivity contribution in [3.63, 3.8) is 0 Å². The lowest BCUT2D eigenvalue weighted by Gasteiger charge is -2.20. The fraction of sp³-hybridized carbons (Fsp3) is 0.600. The standard InChI is InChI=1S/C15H24BrN/c1-4-6-7-8-15(17-5-2)14-10-9-13(16)11-12(14)3/h9-11,15,17H,4-8H2,1-3H3. The van der Waals surface area contributed by atoms with Gasteiger partial charge in [0.25, 0.3) is 0 Å². The van der Waals surface area contributed by atoms with Crippen LogP contribution in [0.1, 0.15) is 56.7 Å². The van der Waals surface area contributed by atoms with Crippen LogP contribution in [0.3, 0.4) is 0 Å². The molecule has 0 aliphatic carbocycles. The van der Waals surface area contributed by atoms with Gasteiger partial charge in [0.05, 0.1) is 0 Å². The van der Waals surface area contributed by atoms with Gasteiger partial charge in [-0.15, -0.1) is 0 Å². The highest BCUT2D eigenvalue weighted by molar-refractivity contribution is 9.10. The van der Waals surface area contributed by atoms with E-state index in [1.807, 2.05) is 0 Å². The normalized spacial score (nSPS) is 12.7. The van der Waals surface area contributed by atoms with E-state index in [0.717, 1.165) is 6.54 Å². The number of hydrogen-bond acceptors (Lipinski definition) is 1. The van der Waals surface area contributed by atoms with Gasteiger partial charge in [0.15, 0.2) is 0 Å². The summed E-state index contributed by atoms with van der Waals surface area (Å²) < 4.78 is 1.17. The Kier molecular flexibility index (Phi) is 6.83. The van der Waals surface area contributed by atoms with Gasteiger partial charge in [0.1, 0.15) is 0 Å². The Morgan fingerprint density at radius 1 is 1.24 bits per heavy atom. The maximum absolute atomic E-state index is 3.60. The van der Waals surface area contributed by atoms with Gasteiger partial charge in [-0.1, -0.05) is 55.1 Å². The second kappa shape index (κ2) is 7.88. The van der Waals surface area contributed by atoms with Crippen LogP contribution < -0.4 is 5.32 Å². The molecule has 1 aromatic rings. The van der Waals surface area contributed by atoms with Crippen molar-refractivity contribution in [1.82, 2.24) is 5.32 Å². The van der Waals surface area contributed by atoms with E-state index in [1.54, 1.807) is 0 Å². The van der Waals surface area contributed by atoms with Crippen LogP contribution in [0.15, 0.2) is 22.7 Å². The lowest BCUT2D eigenvalue weighted by Crippen LogP contribution is -2.21. The maximum Gasteiger partial charge on any atom is 0.0322 e. The Labute approximate surface area is 114 Å². The van der Waals surface area contributed by atoms with E-state index < -0.39 is 0 Å². The van der Waals surface area contributed by atoms with Crippen molar-refractivity contribution in [2.24, 2.45) is 0 Å². The van der Waals surface area contributed by atoms with Crippen LogP contribution in [0.25, 0.3) is 0 Å². The molecule has 0 saturated heterocycles. The zero-order chi connectivity index (χ0) is 12.7. The van der Waals surface area contributed by atoms with Gasteiger partial charge < -0.3 is 5.32 Å². The van der Waals surface area contributed by atoms with Crippen molar-refractivity contribution < 1.29 is 0 Å². The summed E-state index contributed by atoms with van der Waals surface area (Å²) in [5, 5.41) is 3.60. The number of aryl methyl sites for hydroxylation is 1. The third-order valence-electron chi connectivity index (χ3n) is 3.15. The second-order valence-corrected chi connectivity index (χ2v) is 5.52. The predicted octanol–water partition coefficient (Wildman–Crippen LogP) is 4.99. The third-order valence-corrected chi connectivity index (χ3v) is 3.65. The zero-order valence-electron chi connectivity index (χ0n) is 11.2. The van der Waals surface area contributed by atoms with Gasteiger partial charge in [-0.2, -0.15) is 0 Å². The maximum atomic E-state index is 3.60. The molecule has 1 rings (SSSR count). The molecule has 1 aromatic carbocycles. The van der Waals surface area contributed by atoms with Crippen LogP contribution in [0.4, 0.5) is 0 Å². The van der Waals surface area contributed by atoms with E-state index in [1.165, 1.54) is 41.3 Å². The molecular weight excluding hydrogens is 274 g/mol. The van der Waals surface area contributed by atoms with Gasteiger partial charge in [-0.25, -0.2) is 0 Å². The van der Waals surface area contributed by atoms with Gasteiger partial charge in [0.2, 0.25) is 0 Å². The van der Waals surface area contributed by atoms with Crippen molar-refractivity contribution in [1.29, 1.82) is 0 Å². The van der Waals surface area contributed by atoms with E-state index in [2.05, 4.69) is 60.2 Å². The average molecular weight is 298 g/mol. The molecule has 0 radical (unpaired) electrons. The molecule has 1 unspecified atom stereocenters. The summed E-state index contributed by atoms with van der Waals surface area (Å²) in [5.41, 5.74) is 2.83. The van der Waals surface area contributed by atoms with E-state index in [9.17, 15) is 0 Å². The fourth-order valence-electron chi connectivity index (χ4n) is 2.24. The Morgan fingerprint density at radius 2 is 2.00 bits per heavy atom.